The minimum atomic E-state index is -0.497. The molecular weight excluding hydrogens is 340 g/mol. The molecule has 1 aromatic rings. The van der Waals surface area contributed by atoms with Gasteiger partial charge >= 0.3 is 0 Å². The highest BCUT2D eigenvalue weighted by Gasteiger charge is 2.16. The minimum absolute atomic E-state index is 0.269. The van der Waals surface area contributed by atoms with Gasteiger partial charge in [0.15, 0.2) is 11.5 Å². The summed E-state index contributed by atoms with van der Waals surface area (Å²) in [7, 11) is 3.32. The number of nitrogens with one attached hydrogen (secondary N) is 1. The summed E-state index contributed by atoms with van der Waals surface area (Å²) in [5.74, 6) is 3.63. The zero-order chi connectivity index (χ0) is 17.9. The fourth-order valence-corrected chi connectivity index (χ4v) is 3.65. The van der Waals surface area contributed by atoms with Gasteiger partial charge in [0.1, 0.15) is 12.7 Å². The third-order valence-corrected chi connectivity index (χ3v) is 4.99. The van der Waals surface area contributed by atoms with Gasteiger partial charge in [-0.05, 0) is 17.7 Å². The topological polar surface area (TPSA) is 63.2 Å². The van der Waals surface area contributed by atoms with Gasteiger partial charge in [-0.1, -0.05) is 6.07 Å². The van der Waals surface area contributed by atoms with E-state index in [0.717, 1.165) is 43.2 Å². The first-order chi connectivity index (χ1) is 12.2. The lowest BCUT2D eigenvalue weighted by Crippen LogP contribution is -2.40. The predicted molar refractivity (Wildman–Crippen MR) is 102 cm³/mol. The summed E-state index contributed by atoms with van der Waals surface area (Å²) < 4.78 is 16.2. The van der Waals surface area contributed by atoms with Crippen LogP contribution in [-0.2, 0) is 11.3 Å². The van der Waals surface area contributed by atoms with E-state index in [1.807, 2.05) is 30.0 Å². The van der Waals surface area contributed by atoms with Crippen LogP contribution in [0.1, 0.15) is 5.56 Å². The van der Waals surface area contributed by atoms with Gasteiger partial charge in [0, 0.05) is 51.3 Å². The van der Waals surface area contributed by atoms with Crippen LogP contribution >= 0.6 is 11.8 Å². The average molecular weight is 371 g/mol. The van der Waals surface area contributed by atoms with Crippen LogP contribution in [0.25, 0.3) is 0 Å². The molecule has 0 saturated carbocycles. The van der Waals surface area contributed by atoms with Crippen LogP contribution in [0.2, 0.25) is 0 Å². The van der Waals surface area contributed by atoms with Gasteiger partial charge in [-0.15, -0.1) is 0 Å². The molecule has 2 rings (SSSR count). The van der Waals surface area contributed by atoms with Crippen LogP contribution in [-0.4, -0.2) is 81.2 Å². The number of ether oxygens (including phenoxy) is 3. The van der Waals surface area contributed by atoms with E-state index >= 15 is 0 Å². The van der Waals surface area contributed by atoms with Crippen molar-refractivity contribution in [1.82, 2.24) is 10.2 Å². The Morgan fingerprint density at radius 2 is 2.04 bits per heavy atom. The number of benzene rings is 1. The Kier molecular flexibility index (Phi) is 9.42. The summed E-state index contributed by atoms with van der Waals surface area (Å²) in [4.78, 5) is 2.29. The minimum Gasteiger partial charge on any atom is -0.493 e. The molecule has 2 N–H and O–H groups in total. The van der Waals surface area contributed by atoms with Gasteiger partial charge in [-0.3, -0.25) is 4.90 Å². The van der Waals surface area contributed by atoms with E-state index in [2.05, 4.69) is 10.2 Å². The van der Waals surface area contributed by atoms with Crippen LogP contribution in [0.5, 0.6) is 11.5 Å². The first-order valence-corrected chi connectivity index (χ1v) is 9.86. The monoisotopic (exact) mass is 370 g/mol. The third-order valence-electron chi connectivity index (χ3n) is 4.04. The van der Waals surface area contributed by atoms with Crippen molar-refractivity contribution in [2.24, 2.45) is 0 Å². The molecule has 25 heavy (non-hydrogen) atoms. The van der Waals surface area contributed by atoms with Gasteiger partial charge in [0.2, 0.25) is 0 Å². The number of aliphatic hydroxyl groups is 1. The molecule has 1 fully saturated rings. The second kappa shape index (κ2) is 11.6. The van der Waals surface area contributed by atoms with E-state index in [1.54, 1.807) is 14.2 Å². The molecular formula is C18H30N2O4S. The summed E-state index contributed by atoms with van der Waals surface area (Å²) in [5, 5.41) is 13.5. The van der Waals surface area contributed by atoms with E-state index in [9.17, 15) is 5.11 Å². The number of aliphatic hydroxyl groups excluding tert-OH is 1. The molecule has 0 radical (unpaired) electrons. The van der Waals surface area contributed by atoms with E-state index in [0.29, 0.717) is 24.7 Å². The fourth-order valence-electron chi connectivity index (χ4n) is 2.67. The third kappa shape index (κ3) is 7.42. The standard InChI is InChI=1S/C18H30N2O4S/c1-22-8-5-19-12-15-3-4-17(18(11-15)23-2)24-14-16(21)13-20-6-9-25-10-7-20/h3-4,11,16,19,21H,5-10,12-14H2,1-2H3. The molecule has 0 aliphatic carbocycles. The smallest absolute Gasteiger partial charge is 0.161 e. The molecule has 1 aromatic carbocycles. The Morgan fingerprint density at radius 3 is 2.76 bits per heavy atom. The molecule has 0 spiro atoms. The number of β-amino-alcohol motifs (C(OH)–C–C–N with tert-alkyl or cyclic N) is 1. The summed E-state index contributed by atoms with van der Waals surface area (Å²) in [6.45, 7) is 5.24. The maximum absolute atomic E-state index is 10.2. The molecule has 1 heterocycles. The molecule has 142 valence electrons. The SMILES string of the molecule is COCCNCc1ccc(OCC(O)CN2CCSCC2)c(OC)c1. The van der Waals surface area contributed by atoms with Crippen molar-refractivity contribution in [2.75, 3.05) is 65.1 Å². The highest BCUT2D eigenvalue weighted by Crippen LogP contribution is 2.28. The predicted octanol–water partition coefficient (Wildman–Crippen LogP) is 1.22. The zero-order valence-corrected chi connectivity index (χ0v) is 16.0. The Labute approximate surface area is 154 Å². The van der Waals surface area contributed by atoms with Crippen molar-refractivity contribution < 1.29 is 19.3 Å². The number of rotatable bonds is 11. The van der Waals surface area contributed by atoms with E-state index in [1.165, 1.54) is 0 Å². The average Bonchev–Trinajstić information content (AvgIpc) is 2.64. The summed E-state index contributed by atoms with van der Waals surface area (Å²) in [6.07, 6.45) is -0.497. The number of hydrogen-bond donors (Lipinski definition) is 2. The Morgan fingerprint density at radius 1 is 1.24 bits per heavy atom. The van der Waals surface area contributed by atoms with Crippen LogP contribution in [0.4, 0.5) is 0 Å². The van der Waals surface area contributed by atoms with Crippen LogP contribution in [0.15, 0.2) is 18.2 Å². The molecule has 0 bridgehead atoms. The highest BCUT2D eigenvalue weighted by atomic mass is 32.2. The molecule has 0 aromatic heterocycles. The molecule has 0 amide bonds. The Hall–Kier alpha value is -0.990. The molecule has 1 saturated heterocycles. The van der Waals surface area contributed by atoms with E-state index in [4.69, 9.17) is 14.2 Å². The molecule has 1 aliphatic heterocycles. The van der Waals surface area contributed by atoms with Crippen LogP contribution in [0, 0.1) is 0 Å². The lowest BCUT2D eigenvalue weighted by molar-refractivity contribution is 0.0705. The lowest BCUT2D eigenvalue weighted by atomic mass is 10.2. The number of nitrogens with zero attached hydrogens (tertiary/aromatic N) is 1. The van der Waals surface area contributed by atoms with E-state index < -0.39 is 6.10 Å². The highest BCUT2D eigenvalue weighted by molar-refractivity contribution is 7.99. The summed E-state index contributed by atoms with van der Waals surface area (Å²) >= 11 is 1.97. The Bertz CT molecular complexity index is 498. The maximum Gasteiger partial charge on any atom is 0.161 e. The first-order valence-electron chi connectivity index (χ1n) is 8.70. The van der Waals surface area contributed by atoms with Crippen molar-refractivity contribution >= 4 is 11.8 Å². The van der Waals surface area contributed by atoms with Crippen molar-refractivity contribution in [3.63, 3.8) is 0 Å². The quantitative estimate of drug-likeness (QED) is 0.568. The number of hydrogen-bond acceptors (Lipinski definition) is 7. The van der Waals surface area contributed by atoms with Crippen molar-refractivity contribution in [3.05, 3.63) is 23.8 Å². The first kappa shape index (κ1) is 20.3. The molecule has 1 atom stereocenters. The van der Waals surface area contributed by atoms with Crippen molar-refractivity contribution in [3.8, 4) is 11.5 Å². The van der Waals surface area contributed by atoms with Gasteiger partial charge in [-0.2, -0.15) is 11.8 Å². The summed E-state index contributed by atoms with van der Waals surface area (Å²) in [6, 6.07) is 5.87. The molecule has 1 unspecified atom stereocenters. The van der Waals surface area contributed by atoms with Crippen molar-refractivity contribution in [2.45, 2.75) is 12.6 Å². The fraction of sp³-hybridized carbons (Fsp3) is 0.667. The van der Waals surface area contributed by atoms with E-state index in [-0.39, 0.29) is 6.61 Å². The van der Waals surface area contributed by atoms with Gasteiger partial charge < -0.3 is 24.6 Å². The van der Waals surface area contributed by atoms with Crippen LogP contribution < -0.4 is 14.8 Å². The maximum atomic E-state index is 10.2. The Balaban J connectivity index is 1.79. The van der Waals surface area contributed by atoms with Crippen LogP contribution in [0.3, 0.4) is 0 Å². The van der Waals surface area contributed by atoms with Crippen molar-refractivity contribution in [1.29, 1.82) is 0 Å². The molecule has 6 nitrogen and oxygen atoms in total. The lowest BCUT2D eigenvalue weighted by Gasteiger charge is -2.28. The summed E-state index contributed by atoms with van der Waals surface area (Å²) in [5.41, 5.74) is 1.12. The second-order valence-electron chi connectivity index (χ2n) is 6.03. The van der Waals surface area contributed by atoms with Gasteiger partial charge in [0.05, 0.1) is 13.7 Å². The second-order valence-corrected chi connectivity index (χ2v) is 7.26. The van der Waals surface area contributed by atoms with Gasteiger partial charge in [-0.25, -0.2) is 0 Å². The van der Waals surface area contributed by atoms with Gasteiger partial charge in [0.25, 0.3) is 0 Å². The molecule has 7 heteroatoms. The zero-order valence-electron chi connectivity index (χ0n) is 15.2. The number of methoxy groups -OCH3 is 2. The molecule has 1 aliphatic rings. The number of thioether (sulfide) groups is 1. The normalized spacial score (nSPS) is 16.6. The largest absolute Gasteiger partial charge is 0.493 e.